The molecule has 1 aliphatic carbocycles. The van der Waals surface area contributed by atoms with Crippen LogP contribution in [0.1, 0.15) is 51.8 Å². The van der Waals surface area contributed by atoms with E-state index in [2.05, 4.69) is 36.2 Å². The number of hydrogen-bond acceptors (Lipinski definition) is 2. The van der Waals surface area contributed by atoms with Crippen molar-refractivity contribution in [1.82, 2.24) is 10.2 Å². The Morgan fingerprint density at radius 3 is 2.55 bits per heavy atom. The fourth-order valence-corrected chi connectivity index (χ4v) is 3.19. The second kappa shape index (κ2) is 4.88. The van der Waals surface area contributed by atoms with Gasteiger partial charge in [0.25, 0.3) is 0 Å². The molecule has 1 saturated heterocycles. The number of carbonyl (C=O) groups excluding carboxylic acids is 1. The zero-order chi connectivity index (χ0) is 14.3. The van der Waals surface area contributed by atoms with E-state index in [4.69, 9.17) is 0 Å². The third-order valence-corrected chi connectivity index (χ3v) is 5.01. The lowest BCUT2D eigenvalue weighted by Crippen LogP contribution is -2.44. The first-order valence-electron chi connectivity index (χ1n) is 7.72. The van der Waals surface area contributed by atoms with Gasteiger partial charge in [-0.2, -0.15) is 0 Å². The predicted molar refractivity (Wildman–Crippen MR) is 80.0 cm³/mol. The largest absolute Gasteiger partial charge is 0.318 e. The molecule has 3 atom stereocenters. The minimum atomic E-state index is -0.427. The average Bonchev–Trinajstić information content (AvgIpc) is 3.28. The summed E-state index contributed by atoms with van der Waals surface area (Å²) in [5.74, 6) is 0.944. The highest BCUT2D eigenvalue weighted by molar-refractivity contribution is 5.89. The van der Waals surface area contributed by atoms with Crippen LogP contribution in [0.5, 0.6) is 0 Å². The quantitative estimate of drug-likeness (QED) is 0.913. The van der Waals surface area contributed by atoms with E-state index in [1.165, 1.54) is 18.4 Å². The van der Waals surface area contributed by atoms with Gasteiger partial charge in [-0.3, -0.25) is 10.1 Å². The van der Waals surface area contributed by atoms with Crippen molar-refractivity contribution >= 4 is 5.91 Å². The molecule has 2 fully saturated rings. The van der Waals surface area contributed by atoms with E-state index < -0.39 is 5.54 Å². The summed E-state index contributed by atoms with van der Waals surface area (Å²) in [7, 11) is 0. The van der Waals surface area contributed by atoms with Gasteiger partial charge in [0, 0.05) is 6.04 Å². The van der Waals surface area contributed by atoms with E-state index in [1.54, 1.807) is 0 Å². The van der Waals surface area contributed by atoms with Crippen LogP contribution in [0.15, 0.2) is 30.3 Å². The number of amides is 1. The Morgan fingerprint density at radius 2 is 2.00 bits per heavy atom. The van der Waals surface area contributed by atoms with Crippen molar-refractivity contribution in [1.29, 1.82) is 0 Å². The molecule has 3 heteroatoms. The Kier molecular flexibility index (Phi) is 3.33. The summed E-state index contributed by atoms with van der Waals surface area (Å²) in [5.41, 5.74) is 0.759. The number of nitrogens with one attached hydrogen (secondary N) is 1. The smallest absolute Gasteiger partial charge is 0.244 e. The number of rotatable bonds is 4. The first-order chi connectivity index (χ1) is 9.57. The molecule has 1 N–H and O–H groups in total. The van der Waals surface area contributed by atoms with Crippen molar-refractivity contribution in [3.8, 4) is 0 Å². The van der Waals surface area contributed by atoms with E-state index in [1.807, 2.05) is 25.1 Å². The third kappa shape index (κ3) is 2.14. The van der Waals surface area contributed by atoms with Crippen molar-refractivity contribution in [3.05, 3.63) is 35.9 Å². The fraction of sp³-hybridized carbons (Fsp3) is 0.588. The molecule has 108 valence electrons. The molecule has 1 aromatic rings. The van der Waals surface area contributed by atoms with E-state index in [9.17, 15) is 4.79 Å². The SMILES string of the molecule is CCC1(C)NC(c2ccccc2)N(C(C)C2CC2)C1=O. The highest BCUT2D eigenvalue weighted by Crippen LogP contribution is 2.42. The maximum Gasteiger partial charge on any atom is 0.244 e. The van der Waals surface area contributed by atoms with Gasteiger partial charge in [-0.25, -0.2) is 0 Å². The summed E-state index contributed by atoms with van der Waals surface area (Å²) in [4.78, 5) is 15.0. The normalized spacial score (nSPS) is 31.6. The molecule has 3 unspecified atom stereocenters. The molecular formula is C17H24N2O. The Balaban J connectivity index is 1.95. The Hall–Kier alpha value is -1.35. The summed E-state index contributed by atoms with van der Waals surface area (Å²) in [6, 6.07) is 10.7. The van der Waals surface area contributed by atoms with Gasteiger partial charge in [-0.15, -0.1) is 0 Å². The van der Waals surface area contributed by atoms with Crippen LogP contribution >= 0.6 is 0 Å². The summed E-state index contributed by atoms with van der Waals surface area (Å²) < 4.78 is 0. The molecular weight excluding hydrogens is 248 g/mol. The first-order valence-corrected chi connectivity index (χ1v) is 7.72. The molecule has 1 heterocycles. The van der Waals surface area contributed by atoms with Crippen LogP contribution in [0, 0.1) is 5.92 Å². The molecule has 0 radical (unpaired) electrons. The highest BCUT2D eigenvalue weighted by Gasteiger charge is 2.51. The molecule has 3 rings (SSSR count). The molecule has 0 bridgehead atoms. The minimum Gasteiger partial charge on any atom is -0.318 e. The van der Waals surface area contributed by atoms with Crippen LogP contribution in [-0.2, 0) is 4.79 Å². The standard InChI is InChI=1S/C17H24N2O/c1-4-17(3)16(20)19(12(2)13-10-11-13)15(18-17)14-8-6-5-7-9-14/h5-9,12-13,15,18H,4,10-11H2,1-3H3. The van der Waals surface area contributed by atoms with Gasteiger partial charge in [0.2, 0.25) is 5.91 Å². The van der Waals surface area contributed by atoms with E-state index in [0.29, 0.717) is 12.0 Å². The molecule has 3 nitrogen and oxygen atoms in total. The van der Waals surface area contributed by atoms with Crippen LogP contribution in [0.3, 0.4) is 0 Å². The van der Waals surface area contributed by atoms with Gasteiger partial charge in [-0.05, 0) is 44.6 Å². The van der Waals surface area contributed by atoms with Crippen LogP contribution in [-0.4, -0.2) is 22.4 Å². The Bertz CT molecular complexity index is 497. The monoisotopic (exact) mass is 272 g/mol. The van der Waals surface area contributed by atoms with Gasteiger partial charge < -0.3 is 4.90 Å². The molecule has 1 amide bonds. The molecule has 1 saturated carbocycles. The molecule has 0 spiro atoms. The summed E-state index contributed by atoms with van der Waals surface area (Å²) >= 11 is 0. The maximum atomic E-state index is 12.9. The zero-order valence-electron chi connectivity index (χ0n) is 12.6. The van der Waals surface area contributed by atoms with Gasteiger partial charge in [0.15, 0.2) is 0 Å². The topological polar surface area (TPSA) is 32.3 Å². The Morgan fingerprint density at radius 1 is 1.35 bits per heavy atom. The third-order valence-electron chi connectivity index (χ3n) is 5.01. The fourth-order valence-electron chi connectivity index (χ4n) is 3.19. The maximum absolute atomic E-state index is 12.9. The van der Waals surface area contributed by atoms with Crippen LogP contribution in [0.4, 0.5) is 0 Å². The van der Waals surface area contributed by atoms with Crippen LogP contribution in [0.25, 0.3) is 0 Å². The molecule has 1 aromatic carbocycles. The van der Waals surface area contributed by atoms with Crippen molar-refractivity contribution in [3.63, 3.8) is 0 Å². The van der Waals surface area contributed by atoms with Crippen LogP contribution < -0.4 is 5.32 Å². The second-order valence-corrected chi connectivity index (χ2v) is 6.43. The summed E-state index contributed by atoms with van der Waals surface area (Å²) in [5, 5.41) is 3.57. The van der Waals surface area contributed by atoms with Crippen LogP contribution in [0.2, 0.25) is 0 Å². The number of hydrogen-bond donors (Lipinski definition) is 1. The van der Waals surface area contributed by atoms with Crippen molar-refractivity contribution in [2.45, 2.75) is 57.8 Å². The van der Waals surface area contributed by atoms with Gasteiger partial charge in [0.1, 0.15) is 6.17 Å². The average molecular weight is 272 g/mol. The molecule has 2 aliphatic rings. The lowest BCUT2D eigenvalue weighted by Gasteiger charge is -2.31. The number of nitrogens with zero attached hydrogens (tertiary/aromatic N) is 1. The number of benzene rings is 1. The molecule has 20 heavy (non-hydrogen) atoms. The lowest BCUT2D eigenvalue weighted by atomic mass is 9.99. The zero-order valence-corrected chi connectivity index (χ0v) is 12.6. The van der Waals surface area contributed by atoms with Crippen molar-refractivity contribution < 1.29 is 4.79 Å². The van der Waals surface area contributed by atoms with Gasteiger partial charge in [0.05, 0.1) is 5.54 Å². The number of carbonyl (C=O) groups is 1. The van der Waals surface area contributed by atoms with E-state index in [-0.39, 0.29) is 12.1 Å². The Labute approximate surface area is 121 Å². The highest BCUT2D eigenvalue weighted by atomic mass is 16.2. The molecule has 1 aliphatic heterocycles. The van der Waals surface area contributed by atoms with E-state index >= 15 is 0 Å². The molecule has 0 aromatic heterocycles. The van der Waals surface area contributed by atoms with Gasteiger partial charge >= 0.3 is 0 Å². The minimum absolute atomic E-state index is 0.0178. The first kappa shape index (κ1) is 13.6. The summed E-state index contributed by atoms with van der Waals surface area (Å²) in [6.45, 7) is 6.32. The lowest BCUT2D eigenvalue weighted by molar-refractivity contribution is -0.135. The second-order valence-electron chi connectivity index (χ2n) is 6.43. The van der Waals surface area contributed by atoms with Crippen molar-refractivity contribution in [2.24, 2.45) is 5.92 Å². The van der Waals surface area contributed by atoms with E-state index in [0.717, 1.165) is 6.42 Å². The summed E-state index contributed by atoms with van der Waals surface area (Å²) in [6.07, 6.45) is 3.36. The predicted octanol–water partition coefficient (Wildman–Crippen LogP) is 3.08. The van der Waals surface area contributed by atoms with Gasteiger partial charge in [-0.1, -0.05) is 37.3 Å². The van der Waals surface area contributed by atoms with Crippen molar-refractivity contribution in [2.75, 3.05) is 0 Å².